The van der Waals surface area contributed by atoms with E-state index in [4.69, 9.17) is 10.5 Å². The summed E-state index contributed by atoms with van der Waals surface area (Å²) in [6, 6.07) is 0.546. The lowest BCUT2D eigenvalue weighted by Crippen LogP contribution is -2.63. The largest absolute Gasteiger partial charge is 0.510 e. The maximum Gasteiger partial charge on any atom is 0.257 e. The fourth-order valence-electron chi connectivity index (χ4n) is 6.96. The molecule has 41 heavy (non-hydrogen) atoms. The summed E-state index contributed by atoms with van der Waals surface area (Å²) in [4.78, 5) is 56.2. The number of likely N-dealkylation sites (N-methyl/N-ethyl adjacent to an activating group) is 1. The number of nitrogens with zero attached hydrogens (tertiary/aromatic N) is 2. The summed E-state index contributed by atoms with van der Waals surface area (Å²) < 4.78 is 5.32. The van der Waals surface area contributed by atoms with Crippen molar-refractivity contribution in [2.75, 3.05) is 40.4 Å². The highest BCUT2D eigenvalue weighted by Gasteiger charge is 2.63. The van der Waals surface area contributed by atoms with Gasteiger partial charge < -0.3 is 35.8 Å². The van der Waals surface area contributed by atoms with Crippen LogP contribution in [0.15, 0.2) is 28.7 Å². The smallest absolute Gasteiger partial charge is 0.257 e. The molecule has 1 saturated heterocycles. The van der Waals surface area contributed by atoms with E-state index in [1.54, 1.807) is 20.2 Å². The third-order valence-corrected chi connectivity index (χ3v) is 8.91. The molecule has 5 rings (SSSR count). The molecule has 1 fully saturated rings. The number of ketones is 2. The summed E-state index contributed by atoms with van der Waals surface area (Å²) in [7, 11) is 3.16. The molecule has 1 aromatic carbocycles. The first-order valence-electron chi connectivity index (χ1n) is 13.6. The number of morpholine rings is 1. The zero-order chi connectivity index (χ0) is 30.1. The Bertz CT molecular complexity index is 1440. The average Bonchev–Trinajstić information content (AvgIpc) is 2.90. The maximum atomic E-state index is 14.1. The van der Waals surface area contributed by atoms with Crippen molar-refractivity contribution in [3.63, 3.8) is 0 Å². The summed E-state index contributed by atoms with van der Waals surface area (Å²) >= 11 is 0. The summed E-state index contributed by atoms with van der Waals surface area (Å²) in [5.41, 5.74) is 2.54. The summed E-state index contributed by atoms with van der Waals surface area (Å²) in [5, 5.41) is 45.5. The molecule has 0 radical (unpaired) electrons. The van der Waals surface area contributed by atoms with Gasteiger partial charge in [-0.3, -0.25) is 24.1 Å². The van der Waals surface area contributed by atoms with Gasteiger partial charge in [0, 0.05) is 24.6 Å². The summed E-state index contributed by atoms with van der Waals surface area (Å²) in [6.07, 6.45) is 0.167. The number of nitrogens with two attached hydrogens (primary N) is 1. The number of hydrogen-bond donors (Lipinski definition) is 5. The van der Waals surface area contributed by atoms with Crippen molar-refractivity contribution in [1.82, 2.24) is 9.80 Å². The highest BCUT2D eigenvalue weighted by molar-refractivity contribution is 6.25. The number of allylic oxidation sites excluding steroid dienone is 1. The number of phenols is 1. The van der Waals surface area contributed by atoms with E-state index in [0.717, 1.165) is 0 Å². The number of aliphatic hydroxyl groups excluding tert-OH is 2. The Morgan fingerprint density at radius 1 is 1.15 bits per heavy atom. The van der Waals surface area contributed by atoms with Gasteiger partial charge in [-0.1, -0.05) is 13.8 Å². The van der Waals surface area contributed by atoms with Crippen LogP contribution in [0.5, 0.6) is 5.75 Å². The van der Waals surface area contributed by atoms with Gasteiger partial charge in [-0.05, 0) is 56.0 Å². The van der Waals surface area contributed by atoms with E-state index in [-0.39, 0.29) is 35.5 Å². The minimum Gasteiger partial charge on any atom is -0.510 e. The van der Waals surface area contributed by atoms with Gasteiger partial charge >= 0.3 is 0 Å². The number of aromatic hydroxyl groups is 1. The number of amides is 2. The van der Waals surface area contributed by atoms with Crippen molar-refractivity contribution in [3.8, 4) is 5.75 Å². The number of ether oxygens (including phenoxy) is 1. The third kappa shape index (κ3) is 4.07. The lowest BCUT2D eigenvalue weighted by atomic mass is 9.58. The number of hydrogen-bond acceptors (Lipinski definition) is 10. The van der Waals surface area contributed by atoms with E-state index in [1.807, 2.05) is 13.8 Å². The zero-order valence-corrected chi connectivity index (χ0v) is 23.4. The number of phenolic OH excluding ortho intramolecular Hbond substituents is 1. The molecule has 3 aliphatic carbocycles. The van der Waals surface area contributed by atoms with Crippen LogP contribution in [0.25, 0.3) is 0 Å². The fraction of sp³-hybridized carbons (Fsp3) is 0.517. The Labute approximate surface area is 236 Å². The standard InChI is InChI=1S/C29H35N3O9/c1-12(2)14-11-16(28(39)32-5-7-41-8-6-32)22(33)19-15(14)9-13-10-17-21(31(3)4)24(35)20(27(30)38)26(37)29(17,40)25(36)18(13)23(19)34/h11-13,17,21,33,35-36,40H,5-10H2,1-4H3,(H2,30,38)/t13?,17?,21-,29-/m0/s1. The monoisotopic (exact) mass is 569 g/mol. The predicted molar refractivity (Wildman–Crippen MR) is 144 cm³/mol. The number of fused-ring (bicyclic) bond motifs is 3. The van der Waals surface area contributed by atoms with Gasteiger partial charge in [0.2, 0.25) is 5.78 Å². The lowest BCUT2D eigenvalue weighted by molar-refractivity contribution is -0.148. The van der Waals surface area contributed by atoms with Gasteiger partial charge in [0.1, 0.15) is 22.8 Å². The molecule has 220 valence electrons. The zero-order valence-electron chi connectivity index (χ0n) is 23.4. The lowest BCUT2D eigenvalue weighted by Gasteiger charge is -2.50. The first-order valence-corrected chi connectivity index (χ1v) is 13.6. The van der Waals surface area contributed by atoms with Crippen LogP contribution in [0, 0.1) is 11.8 Å². The van der Waals surface area contributed by atoms with Gasteiger partial charge in [-0.2, -0.15) is 0 Å². The molecule has 6 N–H and O–H groups in total. The molecule has 0 spiro atoms. The van der Waals surface area contributed by atoms with Gasteiger partial charge in [-0.15, -0.1) is 0 Å². The molecule has 4 atom stereocenters. The van der Waals surface area contributed by atoms with Gasteiger partial charge in [0.05, 0.1) is 30.4 Å². The number of benzene rings is 1. The first kappa shape index (κ1) is 28.8. The molecular formula is C29H35N3O9. The van der Waals surface area contributed by atoms with Crippen molar-refractivity contribution < 1.29 is 44.3 Å². The molecule has 2 amide bonds. The molecule has 2 unspecified atom stereocenters. The molecule has 1 aromatic rings. The van der Waals surface area contributed by atoms with Crippen molar-refractivity contribution in [2.24, 2.45) is 17.6 Å². The SMILES string of the molecule is CC(C)c1cc(C(=O)N2CCOCC2)c(O)c2c1CC1CC3[C@H](N(C)C)C(O)=C(C(N)=O)C(=O)[C@@]3(O)C(O)=C1C2=O. The molecule has 1 aliphatic heterocycles. The molecule has 12 nitrogen and oxygen atoms in total. The minimum atomic E-state index is -2.72. The first-order chi connectivity index (χ1) is 19.2. The van der Waals surface area contributed by atoms with Crippen molar-refractivity contribution in [3.05, 3.63) is 51.0 Å². The van der Waals surface area contributed by atoms with E-state index in [9.17, 15) is 39.6 Å². The summed E-state index contributed by atoms with van der Waals surface area (Å²) in [5.74, 6) is -7.86. The van der Waals surface area contributed by atoms with Crippen LogP contribution >= 0.6 is 0 Å². The molecule has 0 saturated carbocycles. The molecule has 0 bridgehead atoms. The fourth-order valence-corrected chi connectivity index (χ4v) is 6.96. The van der Waals surface area contributed by atoms with Gasteiger partial charge in [0.25, 0.3) is 11.8 Å². The van der Waals surface area contributed by atoms with Crippen molar-refractivity contribution in [2.45, 2.75) is 44.2 Å². The van der Waals surface area contributed by atoms with Crippen LogP contribution in [-0.4, -0.2) is 106 Å². The number of aliphatic hydroxyl groups is 3. The Morgan fingerprint density at radius 3 is 2.34 bits per heavy atom. The Morgan fingerprint density at radius 2 is 1.78 bits per heavy atom. The highest BCUT2D eigenvalue weighted by Crippen LogP contribution is 2.53. The van der Waals surface area contributed by atoms with E-state index in [1.165, 1.54) is 9.80 Å². The number of carbonyl (C=O) groups is 4. The number of rotatable bonds is 4. The van der Waals surface area contributed by atoms with E-state index in [0.29, 0.717) is 37.4 Å². The van der Waals surface area contributed by atoms with Crippen LogP contribution in [0.4, 0.5) is 0 Å². The van der Waals surface area contributed by atoms with Crippen molar-refractivity contribution >= 4 is 23.4 Å². The second kappa shape index (κ2) is 9.97. The minimum absolute atomic E-state index is 0.00147. The Kier molecular flexibility index (Phi) is 6.99. The van der Waals surface area contributed by atoms with E-state index < -0.39 is 69.7 Å². The van der Waals surface area contributed by atoms with Crippen LogP contribution in [0.1, 0.15) is 58.0 Å². The summed E-state index contributed by atoms with van der Waals surface area (Å²) in [6.45, 7) is 5.13. The van der Waals surface area contributed by atoms with Gasteiger partial charge in [-0.25, -0.2) is 0 Å². The van der Waals surface area contributed by atoms with E-state index in [2.05, 4.69) is 0 Å². The van der Waals surface area contributed by atoms with Gasteiger partial charge in [0.15, 0.2) is 11.4 Å². The van der Waals surface area contributed by atoms with Crippen LogP contribution in [0.2, 0.25) is 0 Å². The van der Waals surface area contributed by atoms with Crippen molar-refractivity contribution in [1.29, 1.82) is 0 Å². The topological polar surface area (TPSA) is 191 Å². The maximum absolute atomic E-state index is 14.1. The molecule has 4 aliphatic rings. The average molecular weight is 570 g/mol. The molecule has 1 heterocycles. The molecule has 12 heteroatoms. The van der Waals surface area contributed by atoms with Crippen LogP contribution in [0.3, 0.4) is 0 Å². The molecular weight excluding hydrogens is 534 g/mol. The van der Waals surface area contributed by atoms with Crippen LogP contribution in [-0.2, 0) is 20.7 Å². The highest BCUT2D eigenvalue weighted by atomic mass is 16.5. The number of primary amides is 1. The van der Waals surface area contributed by atoms with E-state index >= 15 is 0 Å². The quantitative estimate of drug-likeness (QED) is 0.323. The Balaban J connectivity index is 1.70. The second-order valence-electron chi connectivity index (χ2n) is 11.7. The normalized spacial score (nSPS) is 28.2. The Hall–Kier alpha value is -3.74. The third-order valence-electron chi connectivity index (χ3n) is 8.91. The molecule has 0 aromatic heterocycles. The number of carbonyl (C=O) groups excluding carboxylic acids is 4. The van der Waals surface area contributed by atoms with Crippen LogP contribution < -0.4 is 5.73 Å². The number of Topliss-reactive ketones (excluding diaryl/α,β-unsaturated/α-hetero) is 2. The predicted octanol–water partition coefficient (Wildman–Crippen LogP) is 0.716. The second-order valence-corrected chi connectivity index (χ2v) is 11.7.